The van der Waals surface area contributed by atoms with Gasteiger partial charge in [-0.3, -0.25) is 4.79 Å². The summed E-state index contributed by atoms with van der Waals surface area (Å²) in [7, 11) is 0. The second-order valence-electron chi connectivity index (χ2n) is 3.80. The molecule has 0 bridgehead atoms. The molecule has 0 saturated heterocycles. The Kier molecular flexibility index (Phi) is 3.24. The van der Waals surface area contributed by atoms with E-state index in [0.717, 1.165) is 19.3 Å². The SMILES string of the molecule is CCCCC(C)C(=O)[C@@H]1C[C@H]1F. The Morgan fingerprint density at radius 3 is 2.67 bits per heavy atom. The van der Waals surface area contributed by atoms with Gasteiger partial charge < -0.3 is 0 Å². The summed E-state index contributed by atoms with van der Waals surface area (Å²) in [5.41, 5.74) is 0. The van der Waals surface area contributed by atoms with E-state index in [1.807, 2.05) is 6.92 Å². The molecule has 1 aliphatic carbocycles. The van der Waals surface area contributed by atoms with E-state index in [1.54, 1.807) is 0 Å². The number of ketones is 1. The van der Waals surface area contributed by atoms with Gasteiger partial charge in [0.15, 0.2) is 0 Å². The molecule has 70 valence electrons. The number of unbranched alkanes of at least 4 members (excludes halogenated alkanes) is 1. The molecule has 0 aromatic carbocycles. The molecule has 0 spiro atoms. The number of hydrogen-bond acceptors (Lipinski definition) is 1. The maximum atomic E-state index is 12.5. The molecule has 0 aromatic heterocycles. The number of carbonyl (C=O) groups excluding carboxylic acids is 1. The lowest BCUT2D eigenvalue weighted by molar-refractivity contribution is -0.124. The normalized spacial score (nSPS) is 29.9. The summed E-state index contributed by atoms with van der Waals surface area (Å²) in [6.07, 6.45) is 2.78. The molecular formula is C10H17FO. The summed E-state index contributed by atoms with van der Waals surface area (Å²) in [6, 6.07) is 0. The second kappa shape index (κ2) is 4.01. The Labute approximate surface area is 73.3 Å². The zero-order valence-electron chi connectivity index (χ0n) is 7.85. The summed E-state index contributed by atoms with van der Waals surface area (Å²) in [5.74, 6) is -0.0106. The Morgan fingerprint density at radius 2 is 2.25 bits per heavy atom. The Bertz CT molecular complexity index is 167. The molecule has 1 saturated carbocycles. The van der Waals surface area contributed by atoms with Gasteiger partial charge in [-0.15, -0.1) is 0 Å². The van der Waals surface area contributed by atoms with Crippen LogP contribution in [0.2, 0.25) is 0 Å². The summed E-state index contributed by atoms with van der Waals surface area (Å²) in [6.45, 7) is 4.02. The maximum absolute atomic E-state index is 12.5. The lowest BCUT2D eigenvalue weighted by Crippen LogP contribution is -2.14. The minimum atomic E-state index is -0.818. The van der Waals surface area contributed by atoms with Crippen LogP contribution in [0.5, 0.6) is 0 Å². The molecule has 0 amide bonds. The van der Waals surface area contributed by atoms with Gasteiger partial charge in [0.25, 0.3) is 0 Å². The van der Waals surface area contributed by atoms with Crippen molar-refractivity contribution in [2.75, 3.05) is 0 Å². The molecule has 0 radical (unpaired) electrons. The lowest BCUT2D eigenvalue weighted by atomic mass is 9.97. The van der Waals surface area contributed by atoms with E-state index < -0.39 is 6.17 Å². The molecule has 12 heavy (non-hydrogen) atoms. The number of carbonyl (C=O) groups is 1. The van der Waals surface area contributed by atoms with Crippen LogP contribution in [-0.2, 0) is 4.79 Å². The smallest absolute Gasteiger partial charge is 0.141 e. The zero-order valence-corrected chi connectivity index (χ0v) is 7.85. The number of rotatable bonds is 5. The van der Waals surface area contributed by atoms with Crippen LogP contribution in [0, 0.1) is 11.8 Å². The number of Topliss-reactive ketones (excluding diaryl/α,β-unsaturated/α-hetero) is 1. The first-order chi connectivity index (χ1) is 5.66. The van der Waals surface area contributed by atoms with E-state index in [4.69, 9.17) is 0 Å². The molecule has 0 heterocycles. The summed E-state index contributed by atoms with van der Waals surface area (Å²) in [5, 5.41) is 0. The van der Waals surface area contributed by atoms with Crippen LogP contribution >= 0.6 is 0 Å². The molecule has 0 aromatic rings. The molecular weight excluding hydrogens is 155 g/mol. The number of halogens is 1. The van der Waals surface area contributed by atoms with E-state index in [-0.39, 0.29) is 17.6 Å². The van der Waals surface area contributed by atoms with Gasteiger partial charge in [-0.25, -0.2) is 4.39 Å². The van der Waals surface area contributed by atoms with Crippen molar-refractivity contribution in [3.63, 3.8) is 0 Å². The fourth-order valence-electron chi connectivity index (χ4n) is 1.48. The van der Waals surface area contributed by atoms with E-state index in [9.17, 15) is 9.18 Å². The minimum absolute atomic E-state index is 0.0794. The quantitative estimate of drug-likeness (QED) is 0.623. The first-order valence-electron chi connectivity index (χ1n) is 4.84. The highest BCUT2D eigenvalue weighted by atomic mass is 19.1. The van der Waals surface area contributed by atoms with Gasteiger partial charge in [-0.1, -0.05) is 26.7 Å². The van der Waals surface area contributed by atoms with Gasteiger partial charge in [0.05, 0.1) is 5.92 Å². The van der Waals surface area contributed by atoms with Crippen molar-refractivity contribution in [1.82, 2.24) is 0 Å². The van der Waals surface area contributed by atoms with Crippen molar-refractivity contribution >= 4 is 5.78 Å². The van der Waals surface area contributed by atoms with Gasteiger partial charge in [-0.05, 0) is 12.8 Å². The number of alkyl halides is 1. The third-order valence-corrected chi connectivity index (χ3v) is 2.55. The molecule has 1 unspecified atom stereocenters. The van der Waals surface area contributed by atoms with Crippen molar-refractivity contribution < 1.29 is 9.18 Å². The third kappa shape index (κ3) is 2.29. The van der Waals surface area contributed by atoms with Crippen molar-refractivity contribution in [2.45, 2.75) is 45.7 Å². The topological polar surface area (TPSA) is 17.1 Å². The first kappa shape index (κ1) is 9.69. The zero-order chi connectivity index (χ0) is 9.14. The molecule has 1 fully saturated rings. The van der Waals surface area contributed by atoms with Crippen LogP contribution in [0.1, 0.15) is 39.5 Å². The Balaban J connectivity index is 2.22. The van der Waals surface area contributed by atoms with Crippen molar-refractivity contribution in [3.8, 4) is 0 Å². The highest BCUT2D eigenvalue weighted by molar-refractivity contribution is 5.86. The van der Waals surface area contributed by atoms with E-state index >= 15 is 0 Å². The number of hydrogen-bond donors (Lipinski definition) is 0. The van der Waals surface area contributed by atoms with Crippen LogP contribution in [-0.4, -0.2) is 12.0 Å². The third-order valence-electron chi connectivity index (χ3n) is 2.55. The standard InChI is InChI=1S/C10H17FO/c1-3-4-5-7(2)10(12)8-6-9(8)11/h7-9H,3-6H2,1-2H3/t7?,8-,9-/m1/s1. The van der Waals surface area contributed by atoms with Crippen molar-refractivity contribution in [3.05, 3.63) is 0 Å². The first-order valence-corrected chi connectivity index (χ1v) is 4.84. The van der Waals surface area contributed by atoms with E-state index in [0.29, 0.717) is 6.42 Å². The van der Waals surface area contributed by atoms with E-state index in [2.05, 4.69) is 6.92 Å². The van der Waals surface area contributed by atoms with Gasteiger partial charge in [0.2, 0.25) is 0 Å². The molecule has 2 heteroatoms. The van der Waals surface area contributed by atoms with Crippen molar-refractivity contribution in [1.29, 1.82) is 0 Å². The van der Waals surface area contributed by atoms with E-state index in [1.165, 1.54) is 0 Å². The van der Waals surface area contributed by atoms with Gasteiger partial charge in [-0.2, -0.15) is 0 Å². The minimum Gasteiger partial charge on any atom is -0.299 e. The summed E-state index contributed by atoms with van der Waals surface area (Å²) in [4.78, 5) is 11.4. The molecule has 1 aliphatic rings. The van der Waals surface area contributed by atoms with Gasteiger partial charge in [0, 0.05) is 5.92 Å². The monoisotopic (exact) mass is 172 g/mol. The predicted octanol–water partition coefficient (Wildman–Crippen LogP) is 2.74. The molecule has 0 aliphatic heterocycles. The predicted molar refractivity (Wildman–Crippen MR) is 46.7 cm³/mol. The fourth-order valence-corrected chi connectivity index (χ4v) is 1.48. The fraction of sp³-hybridized carbons (Fsp3) is 0.900. The van der Waals surface area contributed by atoms with Crippen molar-refractivity contribution in [2.24, 2.45) is 11.8 Å². The molecule has 3 atom stereocenters. The molecule has 0 N–H and O–H groups in total. The second-order valence-corrected chi connectivity index (χ2v) is 3.80. The van der Waals surface area contributed by atoms with Crippen LogP contribution in [0.15, 0.2) is 0 Å². The van der Waals surface area contributed by atoms with Crippen LogP contribution < -0.4 is 0 Å². The van der Waals surface area contributed by atoms with Gasteiger partial charge >= 0.3 is 0 Å². The highest BCUT2D eigenvalue weighted by Crippen LogP contribution is 2.37. The largest absolute Gasteiger partial charge is 0.299 e. The van der Waals surface area contributed by atoms with Crippen LogP contribution in [0.4, 0.5) is 4.39 Å². The molecule has 1 rings (SSSR count). The lowest BCUT2D eigenvalue weighted by Gasteiger charge is -2.07. The van der Waals surface area contributed by atoms with Crippen LogP contribution in [0.3, 0.4) is 0 Å². The maximum Gasteiger partial charge on any atom is 0.141 e. The average molecular weight is 172 g/mol. The highest BCUT2D eigenvalue weighted by Gasteiger charge is 2.44. The summed E-state index contributed by atoms with van der Waals surface area (Å²) < 4.78 is 12.5. The Hall–Kier alpha value is -0.400. The Morgan fingerprint density at radius 1 is 1.67 bits per heavy atom. The average Bonchev–Trinajstić information content (AvgIpc) is 2.77. The summed E-state index contributed by atoms with van der Waals surface area (Å²) >= 11 is 0. The van der Waals surface area contributed by atoms with Gasteiger partial charge in [0.1, 0.15) is 12.0 Å². The molecule has 1 nitrogen and oxygen atoms in total. The van der Waals surface area contributed by atoms with Crippen LogP contribution in [0.25, 0.3) is 0 Å².